The lowest BCUT2D eigenvalue weighted by Crippen LogP contribution is -2.49. The van der Waals surface area contributed by atoms with Gasteiger partial charge in [-0.05, 0) is 62.7 Å². The van der Waals surface area contributed by atoms with Gasteiger partial charge in [0.05, 0.1) is 5.92 Å². The first-order valence-corrected chi connectivity index (χ1v) is 6.98. The van der Waals surface area contributed by atoms with Crippen LogP contribution in [0.15, 0.2) is 0 Å². The molecule has 4 rings (SSSR count). The average molecular weight is 252 g/mol. The SMILES string of the molecule is CC(OC(=O)C1C2CC3CC(C2)CC1C3)C(=O)O. The summed E-state index contributed by atoms with van der Waals surface area (Å²) in [6, 6.07) is 0. The molecule has 0 heterocycles. The number of carbonyl (C=O) groups is 2. The van der Waals surface area contributed by atoms with Crippen molar-refractivity contribution in [3.63, 3.8) is 0 Å². The fourth-order valence-electron chi connectivity index (χ4n) is 4.61. The standard InChI is InChI=1S/C14H20O4/c1-7(13(15)16)18-14(17)12-10-3-8-2-9(5-10)6-11(12)4-8/h7-12H,2-6H2,1H3,(H,15,16). The van der Waals surface area contributed by atoms with Crippen molar-refractivity contribution in [2.75, 3.05) is 0 Å². The average Bonchev–Trinajstić information content (AvgIpc) is 2.26. The molecule has 4 heteroatoms. The first kappa shape index (κ1) is 12.0. The van der Waals surface area contributed by atoms with Crippen LogP contribution >= 0.6 is 0 Å². The Morgan fingerprint density at radius 2 is 1.56 bits per heavy atom. The van der Waals surface area contributed by atoms with E-state index in [4.69, 9.17) is 9.84 Å². The quantitative estimate of drug-likeness (QED) is 0.781. The van der Waals surface area contributed by atoms with E-state index in [-0.39, 0.29) is 11.9 Å². The lowest BCUT2D eigenvalue weighted by Gasteiger charge is -2.53. The van der Waals surface area contributed by atoms with Crippen LogP contribution in [0.1, 0.15) is 39.0 Å². The molecule has 100 valence electrons. The van der Waals surface area contributed by atoms with Crippen molar-refractivity contribution < 1.29 is 19.4 Å². The first-order chi connectivity index (χ1) is 8.54. The van der Waals surface area contributed by atoms with Crippen LogP contribution in [0.3, 0.4) is 0 Å². The van der Waals surface area contributed by atoms with Crippen molar-refractivity contribution in [1.29, 1.82) is 0 Å². The normalized spacial score (nSPS) is 42.6. The molecule has 0 amide bonds. The molecule has 0 aromatic heterocycles. The Hall–Kier alpha value is -1.06. The maximum absolute atomic E-state index is 12.2. The minimum absolute atomic E-state index is 0.0281. The highest BCUT2D eigenvalue weighted by Gasteiger charge is 2.51. The summed E-state index contributed by atoms with van der Waals surface area (Å²) in [6.07, 6.45) is 4.92. The summed E-state index contributed by atoms with van der Waals surface area (Å²) >= 11 is 0. The minimum atomic E-state index is -1.06. The van der Waals surface area contributed by atoms with Crippen molar-refractivity contribution >= 4 is 11.9 Å². The summed E-state index contributed by atoms with van der Waals surface area (Å²) in [5.41, 5.74) is 0. The molecular formula is C14H20O4. The lowest BCUT2D eigenvalue weighted by atomic mass is 9.52. The van der Waals surface area contributed by atoms with Gasteiger partial charge in [-0.1, -0.05) is 0 Å². The summed E-state index contributed by atoms with van der Waals surface area (Å²) in [7, 11) is 0. The van der Waals surface area contributed by atoms with Crippen molar-refractivity contribution in [1.82, 2.24) is 0 Å². The number of rotatable bonds is 3. The molecule has 4 saturated carbocycles. The molecule has 0 aromatic carbocycles. The van der Waals surface area contributed by atoms with Gasteiger partial charge in [-0.25, -0.2) is 4.79 Å². The molecule has 0 aromatic rings. The summed E-state index contributed by atoms with van der Waals surface area (Å²) in [5, 5.41) is 8.80. The molecule has 18 heavy (non-hydrogen) atoms. The molecule has 0 aliphatic heterocycles. The van der Waals surface area contributed by atoms with Crippen LogP contribution in [-0.4, -0.2) is 23.1 Å². The van der Waals surface area contributed by atoms with E-state index in [1.54, 1.807) is 0 Å². The Kier molecular flexibility index (Phi) is 2.83. The molecule has 0 saturated heterocycles. The lowest BCUT2D eigenvalue weighted by molar-refractivity contribution is -0.175. The van der Waals surface area contributed by atoms with Crippen LogP contribution in [0.25, 0.3) is 0 Å². The van der Waals surface area contributed by atoms with E-state index in [9.17, 15) is 9.59 Å². The van der Waals surface area contributed by atoms with Gasteiger partial charge in [-0.15, -0.1) is 0 Å². The molecular weight excluding hydrogens is 232 g/mol. The summed E-state index contributed by atoms with van der Waals surface area (Å²) in [6.45, 7) is 1.43. The number of esters is 1. The maximum atomic E-state index is 12.2. The van der Waals surface area contributed by atoms with Crippen LogP contribution in [0.4, 0.5) is 0 Å². The molecule has 1 atom stereocenters. The number of carboxylic acids is 1. The van der Waals surface area contributed by atoms with E-state index in [0.29, 0.717) is 11.8 Å². The van der Waals surface area contributed by atoms with Crippen molar-refractivity contribution in [2.24, 2.45) is 29.6 Å². The van der Waals surface area contributed by atoms with Crippen molar-refractivity contribution in [3.05, 3.63) is 0 Å². The second-order valence-corrected chi connectivity index (χ2v) is 6.37. The Morgan fingerprint density at radius 1 is 1.06 bits per heavy atom. The molecule has 4 bridgehead atoms. The number of carbonyl (C=O) groups excluding carboxylic acids is 1. The molecule has 1 unspecified atom stereocenters. The number of carboxylic acid groups (broad SMARTS) is 1. The fraction of sp³-hybridized carbons (Fsp3) is 0.857. The van der Waals surface area contributed by atoms with Crippen molar-refractivity contribution in [3.8, 4) is 0 Å². The van der Waals surface area contributed by atoms with Gasteiger partial charge in [0.2, 0.25) is 0 Å². The Balaban J connectivity index is 1.69. The van der Waals surface area contributed by atoms with E-state index in [2.05, 4.69) is 0 Å². The van der Waals surface area contributed by atoms with Crippen LogP contribution in [0.2, 0.25) is 0 Å². The van der Waals surface area contributed by atoms with E-state index in [1.165, 1.54) is 13.3 Å². The second kappa shape index (κ2) is 4.25. The minimum Gasteiger partial charge on any atom is -0.479 e. The topological polar surface area (TPSA) is 63.6 Å². The van der Waals surface area contributed by atoms with Gasteiger partial charge in [-0.3, -0.25) is 4.79 Å². The van der Waals surface area contributed by atoms with E-state index >= 15 is 0 Å². The third-order valence-corrected chi connectivity index (χ3v) is 5.14. The Labute approximate surface area is 107 Å². The Morgan fingerprint density at radius 3 is 2.00 bits per heavy atom. The van der Waals surface area contributed by atoms with Gasteiger partial charge in [0.1, 0.15) is 0 Å². The molecule has 0 spiro atoms. The molecule has 4 aliphatic carbocycles. The smallest absolute Gasteiger partial charge is 0.344 e. The highest BCUT2D eigenvalue weighted by molar-refractivity contribution is 5.79. The van der Waals surface area contributed by atoms with Crippen LogP contribution in [0.5, 0.6) is 0 Å². The highest BCUT2D eigenvalue weighted by atomic mass is 16.6. The van der Waals surface area contributed by atoms with Crippen molar-refractivity contribution in [2.45, 2.75) is 45.1 Å². The van der Waals surface area contributed by atoms with Gasteiger partial charge in [-0.2, -0.15) is 0 Å². The van der Waals surface area contributed by atoms with Crippen LogP contribution in [0, 0.1) is 29.6 Å². The summed E-state index contributed by atoms with van der Waals surface area (Å²) in [5.74, 6) is 1.18. The number of hydrogen-bond acceptors (Lipinski definition) is 3. The van der Waals surface area contributed by atoms with E-state index in [1.807, 2.05) is 0 Å². The predicted octanol–water partition coefficient (Wildman–Crippen LogP) is 2.07. The van der Waals surface area contributed by atoms with E-state index < -0.39 is 12.1 Å². The molecule has 0 radical (unpaired) electrons. The number of aliphatic carboxylic acids is 1. The molecule has 4 nitrogen and oxygen atoms in total. The molecule has 4 aliphatic rings. The number of hydrogen-bond donors (Lipinski definition) is 1. The molecule has 4 fully saturated rings. The summed E-state index contributed by atoms with van der Waals surface area (Å²) < 4.78 is 5.10. The van der Waals surface area contributed by atoms with Gasteiger partial charge >= 0.3 is 11.9 Å². The Bertz CT molecular complexity index is 348. The monoisotopic (exact) mass is 252 g/mol. The van der Waals surface area contributed by atoms with Crippen LogP contribution in [-0.2, 0) is 14.3 Å². The predicted molar refractivity (Wildman–Crippen MR) is 63.7 cm³/mol. The van der Waals surface area contributed by atoms with E-state index in [0.717, 1.165) is 37.5 Å². The van der Waals surface area contributed by atoms with Gasteiger partial charge in [0.15, 0.2) is 6.10 Å². The number of ether oxygens (including phenoxy) is 1. The highest BCUT2D eigenvalue weighted by Crippen LogP contribution is 2.56. The van der Waals surface area contributed by atoms with Gasteiger partial charge < -0.3 is 9.84 Å². The maximum Gasteiger partial charge on any atom is 0.344 e. The second-order valence-electron chi connectivity index (χ2n) is 6.37. The first-order valence-electron chi connectivity index (χ1n) is 6.98. The third-order valence-electron chi connectivity index (χ3n) is 5.14. The molecule has 1 N–H and O–H groups in total. The third kappa shape index (κ3) is 1.91. The largest absolute Gasteiger partial charge is 0.479 e. The fourth-order valence-corrected chi connectivity index (χ4v) is 4.61. The van der Waals surface area contributed by atoms with Gasteiger partial charge in [0.25, 0.3) is 0 Å². The zero-order valence-electron chi connectivity index (χ0n) is 10.7. The zero-order valence-corrected chi connectivity index (χ0v) is 10.7. The van der Waals surface area contributed by atoms with Crippen LogP contribution < -0.4 is 0 Å². The summed E-state index contributed by atoms with van der Waals surface area (Å²) in [4.78, 5) is 22.9. The van der Waals surface area contributed by atoms with Gasteiger partial charge in [0, 0.05) is 0 Å². The zero-order chi connectivity index (χ0) is 12.9.